The summed E-state index contributed by atoms with van der Waals surface area (Å²) >= 11 is 0. The highest BCUT2D eigenvalue weighted by Crippen LogP contribution is 2.38. The van der Waals surface area contributed by atoms with Crippen LogP contribution in [0.2, 0.25) is 0 Å². The molecule has 178 valence electrons. The number of hydrogen-bond donors (Lipinski definition) is 2. The van der Waals surface area contributed by atoms with Crippen molar-refractivity contribution >= 4 is 29.9 Å². The molecule has 0 aliphatic carbocycles. The number of hydrogen-bond acceptors (Lipinski definition) is 6. The van der Waals surface area contributed by atoms with Crippen molar-refractivity contribution < 1.29 is 23.7 Å². The Bertz CT molecular complexity index is 852. The van der Waals surface area contributed by atoms with Crippen molar-refractivity contribution in [3.05, 3.63) is 41.5 Å². The van der Waals surface area contributed by atoms with Crippen LogP contribution in [0.1, 0.15) is 18.1 Å². The third kappa shape index (κ3) is 7.54. The van der Waals surface area contributed by atoms with Gasteiger partial charge in [0, 0.05) is 13.1 Å². The fraction of sp³-hybridized carbons (Fsp3) is 0.435. The van der Waals surface area contributed by atoms with E-state index >= 15 is 0 Å². The molecule has 0 spiro atoms. The van der Waals surface area contributed by atoms with Crippen LogP contribution in [0.25, 0.3) is 0 Å². The first-order valence-electron chi connectivity index (χ1n) is 10.1. The molecule has 0 saturated heterocycles. The zero-order valence-electron chi connectivity index (χ0n) is 19.6. The topological polar surface area (TPSA) is 82.6 Å². The zero-order chi connectivity index (χ0) is 22.6. The Morgan fingerprint density at radius 1 is 0.812 bits per heavy atom. The maximum atomic E-state index is 5.45. The van der Waals surface area contributed by atoms with Crippen molar-refractivity contribution in [2.24, 2.45) is 4.99 Å². The Balaban J connectivity index is 0.00000512. The van der Waals surface area contributed by atoms with Crippen molar-refractivity contribution in [3.8, 4) is 28.7 Å². The van der Waals surface area contributed by atoms with Gasteiger partial charge in [-0.1, -0.05) is 0 Å². The van der Waals surface area contributed by atoms with E-state index in [9.17, 15) is 0 Å². The Kier molecular flexibility index (Phi) is 12.4. The molecule has 2 aromatic carbocycles. The number of rotatable bonds is 11. The first-order valence-corrected chi connectivity index (χ1v) is 10.1. The molecule has 0 saturated carbocycles. The first kappa shape index (κ1) is 27.5. The molecule has 0 radical (unpaired) electrons. The van der Waals surface area contributed by atoms with Gasteiger partial charge in [0.1, 0.15) is 11.5 Å². The van der Waals surface area contributed by atoms with E-state index in [1.54, 1.807) is 35.5 Å². The molecule has 2 N–H and O–H groups in total. The standard InChI is InChI=1S/C23H33N3O5.HI/c1-7-24-23(25-11-10-17-14-18(27-2)8-9-19(17)28-3)26-15-16-12-20(29-4)22(31-6)21(13-16)30-5;/h8-9,12-14H,7,10-11,15H2,1-6H3,(H2,24,25,26);1H. The van der Waals surface area contributed by atoms with E-state index < -0.39 is 0 Å². The molecule has 32 heavy (non-hydrogen) atoms. The first-order chi connectivity index (χ1) is 15.1. The summed E-state index contributed by atoms with van der Waals surface area (Å²) in [4.78, 5) is 4.68. The van der Waals surface area contributed by atoms with Gasteiger partial charge in [0.05, 0.1) is 42.1 Å². The number of halogens is 1. The maximum absolute atomic E-state index is 5.45. The Labute approximate surface area is 207 Å². The van der Waals surface area contributed by atoms with Gasteiger partial charge >= 0.3 is 0 Å². The van der Waals surface area contributed by atoms with Crippen LogP contribution in [0.4, 0.5) is 0 Å². The van der Waals surface area contributed by atoms with Crippen LogP contribution in [0.5, 0.6) is 28.7 Å². The van der Waals surface area contributed by atoms with E-state index in [0.29, 0.717) is 30.3 Å². The summed E-state index contributed by atoms with van der Waals surface area (Å²) in [5.41, 5.74) is 2.01. The highest BCUT2D eigenvalue weighted by atomic mass is 127. The summed E-state index contributed by atoms with van der Waals surface area (Å²) < 4.78 is 27.0. The average molecular weight is 559 g/mol. The molecule has 0 fully saturated rings. The molecular weight excluding hydrogens is 525 g/mol. The lowest BCUT2D eigenvalue weighted by molar-refractivity contribution is 0.324. The summed E-state index contributed by atoms with van der Waals surface area (Å²) in [6.07, 6.45) is 0.759. The Hall–Kier alpha value is -2.56. The molecule has 0 bridgehead atoms. The lowest BCUT2D eigenvalue weighted by atomic mass is 10.1. The average Bonchev–Trinajstić information content (AvgIpc) is 2.81. The van der Waals surface area contributed by atoms with Crippen molar-refractivity contribution in [1.82, 2.24) is 10.6 Å². The van der Waals surface area contributed by atoms with Crippen LogP contribution in [-0.4, -0.2) is 54.6 Å². The normalized spacial score (nSPS) is 10.6. The number of methoxy groups -OCH3 is 5. The summed E-state index contributed by atoms with van der Waals surface area (Å²) in [5.74, 6) is 4.14. The van der Waals surface area contributed by atoms with Crippen molar-refractivity contribution in [3.63, 3.8) is 0 Å². The van der Waals surface area contributed by atoms with Crippen molar-refractivity contribution in [2.75, 3.05) is 48.6 Å². The van der Waals surface area contributed by atoms with Crippen LogP contribution in [0, 0.1) is 0 Å². The Morgan fingerprint density at radius 3 is 2.00 bits per heavy atom. The van der Waals surface area contributed by atoms with Gasteiger partial charge in [-0.3, -0.25) is 0 Å². The molecule has 0 heterocycles. The number of aliphatic imine (C=N–C) groups is 1. The minimum atomic E-state index is 0. The van der Waals surface area contributed by atoms with Gasteiger partial charge in [-0.2, -0.15) is 0 Å². The largest absolute Gasteiger partial charge is 0.497 e. The van der Waals surface area contributed by atoms with Crippen molar-refractivity contribution in [2.45, 2.75) is 19.9 Å². The smallest absolute Gasteiger partial charge is 0.203 e. The molecule has 2 rings (SSSR count). The number of ether oxygens (including phenoxy) is 5. The molecule has 0 aliphatic heterocycles. The van der Waals surface area contributed by atoms with E-state index in [4.69, 9.17) is 23.7 Å². The van der Waals surface area contributed by atoms with E-state index in [-0.39, 0.29) is 24.0 Å². The molecule has 0 aromatic heterocycles. The number of guanidine groups is 1. The van der Waals surface area contributed by atoms with E-state index in [2.05, 4.69) is 15.6 Å². The van der Waals surface area contributed by atoms with Gasteiger partial charge in [-0.25, -0.2) is 4.99 Å². The summed E-state index contributed by atoms with van der Waals surface area (Å²) in [5, 5.41) is 6.63. The molecular formula is C23H34IN3O5. The van der Waals surface area contributed by atoms with Gasteiger partial charge < -0.3 is 34.3 Å². The molecule has 0 unspecified atom stereocenters. The monoisotopic (exact) mass is 559 g/mol. The van der Waals surface area contributed by atoms with Gasteiger partial charge in [-0.05, 0) is 54.8 Å². The zero-order valence-corrected chi connectivity index (χ0v) is 21.9. The third-order valence-electron chi connectivity index (χ3n) is 4.66. The second-order valence-electron chi connectivity index (χ2n) is 6.58. The van der Waals surface area contributed by atoms with E-state index in [1.165, 1.54) is 0 Å². The van der Waals surface area contributed by atoms with Gasteiger partial charge in [-0.15, -0.1) is 24.0 Å². The second-order valence-corrected chi connectivity index (χ2v) is 6.58. The van der Waals surface area contributed by atoms with Crippen LogP contribution in [-0.2, 0) is 13.0 Å². The second kappa shape index (κ2) is 14.5. The van der Waals surface area contributed by atoms with E-state index in [0.717, 1.165) is 41.6 Å². The molecule has 8 nitrogen and oxygen atoms in total. The number of benzene rings is 2. The SMILES string of the molecule is CCNC(=NCc1cc(OC)c(OC)c(OC)c1)NCCc1cc(OC)ccc1OC.I. The molecule has 0 aliphatic rings. The van der Waals surface area contributed by atoms with Crippen LogP contribution < -0.4 is 34.3 Å². The molecule has 9 heteroatoms. The number of nitrogens with one attached hydrogen (secondary N) is 2. The lowest BCUT2D eigenvalue weighted by Gasteiger charge is -2.15. The molecule has 0 amide bonds. The molecule has 0 atom stereocenters. The van der Waals surface area contributed by atoms with Crippen LogP contribution >= 0.6 is 24.0 Å². The Morgan fingerprint density at radius 2 is 1.47 bits per heavy atom. The van der Waals surface area contributed by atoms with Crippen LogP contribution in [0.15, 0.2) is 35.3 Å². The predicted molar refractivity (Wildman–Crippen MR) is 138 cm³/mol. The molecule has 2 aromatic rings. The maximum Gasteiger partial charge on any atom is 0.203 e. The van der Waals surface area contributed by atoms with Gasteiger partial charge in [0.15, 0.2) is 17.5 Å². The summed E-state index contributed by atoms with van der Waals surface area (Å²) in [6, 6.07) is 9.59. The van der Waals surface area contributed by atoms with E-state index in [1.807, 2.05) is 37.3 Å². The fourth-order valence-corrected chi connectivity index (χ4v) is 3.13. The summed E-state index contributed by atoms with van der Waals surface area (Å²) in [6.45, 7) is 3.92. The highest BCUT2D eigenvalue weighted by molar-refractivity contribution is 14.0. The minimum Gasteiger partial charge on any atom is -0.497 e. The minimum absolute atomic E-state index is 0. The van der Waals surface area contributed by atoms with Crippen LogP contribution in [0.3, 0.4) is 0 Å². The van der Waals surface area contributed by atoms with Crippen molar-refractivity contribution in [1.29, 1.82) is 0 Å². The van der Waals surface area contributed by atoms with Gasteiger partial charge in [0.25, 0.3) is 0 Å². The quantitative estimate of drug-likeness (QED) is 0.247. The summed E-state index contributed by atoms with van der Waals surface area (Å²) in [7, 11) is 8.11. The van der Waals surface area contributed by atoms with Gasteiger partial charge in [0.2, 0.25) is 5.75 Å². The number of nitrogens with zero attached hydrogens (tertiary/aromatic N) is 1. The highest BCUT2D eigenvalue weighted by Gasteiger charge is 2.13. The predicted octanol–water partition coefficient (Wildman–Crippen LogP) is 3.65. The lowest BCUT2D eigenvalue weighted by Crippen LogP contribution is -2.38. The third-order valence-corrected chi connectivity index (χ3v) is 4.66. The fourth-order valence-electron chi connectivity index (χ4n) is 3.13.